The summed E-state index contributed by atoms with van der Waals surface area (Å²) in [6.07, 6.45) is -4.65. The van der Waals surface area contributed by atoms with Gasteiger partial charge in [0.2, 0.25) is 15.8 Å². The quantitative estimate of drug-likeness (QED) is 0.649. The summed E-state index contributed by atoms with van der Waals surface area (Å²) >= 11 is 0.845. The summed E-state index contributed by atoms with van der Waals surface area (Å²) in [5, 5.41) is 3.39. The standard InChI is InChI=1S/C18H15F3N2O3S2/c1-10-16(11-5-3-2-4-6-11)17(10)23-28(24,25)15-8-7-13(27-15)12-9-14(26-22-12)18(19,20)21/h2-10,16-17,23H,1H3/t10-,16-,17+/m1/s1. The minimum atomic E-state index is -4.65. The number of sulfonamides is 1. The Labute approximate surface area is 163 Å². The Kier molecular flexibility index (Phi) is 4.59. The van der Waals surface area contributed by atoms with Crippen molar-refractivity contribution >= 4 is 21.4 Å². The third-order valence-corrected chi connectivity index (χ3v) is 7.80. The summed E-state index contributed by atoms with van der Waals surface area (Å²) in [4.78, 5) is 0.281. The van der Waals surface area contributed by atoms with E-state index in [-0.39, 0.29) is 32.7 Å². The van der Waals surface area contributed by atoms with Crippen LogP contribution in [0.5, 0.6) is 0 Å². The van der Waals surface area contributed by atoms with E-state index in [1.54, 1.807) is 0 Å². The topological polar surface area (TPSA) is 72.2 Å². The van der Waals surface area contributed by atoms with Crippen LogP contribution in [0.1, 0.15) is 24.2 Å². The smallest absolute Gasteiger partial charge is 0.351 e. The molecule has 1 fully saturated rings. The second-order valence-electron chi connectivity index (χ2n) is 6.64. The summed E-state index contributed by atoms with van der Waals surface area (Å²) in [7, 11) is -3.79. The average Bonchev–Trinajstić information content (AvgIpc) is 3.10. The Morgan fingerprint density at radius 3 is 2.50 bits per heavy atom. The van der Waals surface area contributed by atoms with Gasteiger partial charge < -0.3 is 4.52 Å². The first kappa shape index (κ1) is 19.2. The number of aromatic nitrogens is 1. The van der Waals surface area contributed by atoms with Crippen LogP contribution >= 0.6 is 11.3 Å². The van der Waals surface area contributed by atoms with Gasteiger partial charge in [-0.2, -0.15) is 13.2 Å². The van der Waals surface area contributed by atoms with E-state index in [1.165, 1.54) is 12.1 Å². The van der Waals surface area contributed by atoms with Crippen molar-refractivity contribution in [2.45, 2.75) is 29.3 Å². The molecule has 0 aliphatic heterocycles. The molecule has 4 rings (SSSR count). The number of hydrogen-bond acceptors (Lipinski definition) is 5. The Morgan fingerprint density at radius 1 is 1.14 bits per heavy atom. The van der Waals surface area contributed by atoms with Gasteiger partial charge in [-0.1, -0.05) is 42.4 Å². The van der Waals surface area contributed by atoms with E-state index in [9.17, 15) is 21.6 Å². The van der Waals surface area contributed by atoms with Gasteiger partial charge in [-0.3, -0.25) is 0 Å². The van der Waals surface area contributed by atoms with Crippen LogP contribution in [-0.2, 0) is 16.2 Å². The van der Waals surface area contributed by atoms with E-state index < -0.39 is 22.0 Å². The van der Waals surface area contributed by atoms with Crippen molar-refractivity contribution in [1.82, 2.24) is 9.88 Å². The Bertz CT molecular complexity index is 1090. The van der Waals surface area contributed by atoms with Crippen molar-refractivity contribution in [2.75, 3.05) is 0 Å². The molecule has 0 bridgehead atoms. The van der Waals surface area contributed by atoms with Crippen LogP contribution in [0.2, 0.25) is 0 Å². The number of nitrogens with zero attached hydrogens (tertiary/aromatic N) is 1. The van der Waals surface area contributed by atoms with Crippen LogP contribution in [0.15, 0.2) is 57.3 Å². The maximum atomic E-state index is 12.7. The molecule has 0 spiro atoms. The molecule has 10 heteroatoms. The molecule has 5 nitrogen and oxygen atoms in total. The van der Waals surface area contributed by atoms with Crippen LogP contribution in [-0.4, -0.2) is 19.6 Å². The predicted molar refractivity (Wildman–Crippen MR) is 97.3 cm³/mol. The van der Waals surface area contributed by atoms with Gasteiger partial charge in [0.15, 0.2) is 0 Å². The zero-order valence-corrected chi connectivity index (χ0v) is 16.1. The fraction of sp³-hybridized carbons (Fsp3) is 0.278. The summed E-state index contributed by atoms with van der Waals surface area (Å²) in [6.45, 7) is 1.97. The van der Waals surface area contributed by atoms with E-state index in [4.69, 9.17) is 0 Å². The number of rotatable bonds is 5. The van der Waals surface area contributed by atoms with Crippen molar-refractivity contribution in [3.63, 3.8) is 0 Å². The highest BCUT2D eigenvalue weighted by Gasteiger charge is 2.49. The van der Waals surface area contributed by atoms with Crippen molar-refractivity contribution in [2.24, 2.45) is 5.92 Å². The largest absolute Gasteiger partial charge is 0.452 e. The molecule has 0 saturated heterocycles. The molecule has 2 aromatic heterocycles. The molecule has 0 radical (unpaired) electrons. The lowest BCUT2D eigenvalue weighted by molar-refractivity contribution is -0.155. The third kappa shape index (κ3) is 3.59. The summed E-state index contributed by atoms with van der Waals surface area (Å²) in [5.41, 5.74) is 1.01. The Hall–Kier alpha value is -2.17. The van der Waals surface area contributed by atoms with Gasteiger partial charge in [0.25, 0.3) is 0 Å². The SMILES string of the molecule is C[C@H]1[C@H](NS(=O)(=O)c2ccc(-c3cc(C(F)(F)F)on3)s2)[C@H]1c1ccccc1. The Morgan fingerprint density at radius 2 is 1.86 bits per heavy atom. The molecule has 3 atom stereocenters. The van der Waals surface area contributed by atoms with Gasteiger partial charge in [0.05, 0.1) is 4.88 Å². The second kappa shape index (κ2) is 6.71. The zero-order valence-electron chi connectivity index (χ0n) is 14.5. The third-order valence-electron chi connectivity index (χ3n) is 4.74. The van der Waals surface area contributed by atoms with Crippen LogP contribution in [0, 0.1) is 5.92 Å². The molecule has 148 valence electrons. The van der Waals surface area contributed by atoms with Gasteiger partial charge in [-0.15, -0.1) is 11.3 Å². The van der Waals surface area contributed by atoms with Crippen molar-refractivity contribution in [1.29, 1.82) is 0 Å². The van der Waals surface area contributed by atoms with Gasteiger partial charge in [-0.05, 0) is 23.6 Å². The molecule has 1 N–H and O–H groups in total. The first-order chi connectivity index (χ1) is 13.2. The van der Waals surface area contributed by atoms with Crippen molar-refractivity contribution in [3.8, 4) is 10.6 Å². The summed E-state index contributed by atoms with van der Waals surface area (Å²) in [6, 6.07) is 12.9. The second-order valence-corrected chi connectivity index (χ2v) is 9.66. The number of nitrogens with one attached hydrogen (secondary N) is 1. The molecule has 1 aliphatic carbocycles. The van der Waals surface area contributed by atoms with Gasteiger partial charge in [0, 0.05) is 18.0 Å². The highest BCUT2D eigenvalue weighted by atomic mass is 32.2. The first-order valence-corrected chi connectivity index (χ1v) is 10.7. The highest BCUT2D eigenvalue weighted by Crippen LogP contribution is 2.48. The molecular formula is C18H15F3N2O3S2. The fourth-order valence-electron chi connectivity index (χ4n) is 3.19. The molecule has 1 aliphatic rings. The number of benzene rings is 1. The van der Waals surface area contributed by atoms with E-state index in [0.717, 1.165) is 23.0 Å². The number of thiophene rings is 1. The van der Waals surface area contributed by atoms with Gasteiger partial charge in [-0.25, -0.2) is 13.1 Å². The minimum absolute atomic E-state index is 0.0185. The van der Waals surface area contributed by atoms with Gasteiger partial charge in [0.1, 0.15) is 9.90 Å². The minimum Gasteiger partial charge on any atom is -0.351 e. The van der Waals surface area contributed by atoms with E-state index >= 15 is 0 Å². The molecule has 1 aromatic carbocycles. The van der Waals surface area contributed by atoms with Crippen LogP contribution < -0.4 is 4.72 Å². The van der Waals surface area contributed by atoms with Crippen LogP contribution in [0.3, 0.4) is 0 Å². The normalized spacial score (nSPS) is 22.4. The molecule has 3 aromatic rings. The fourth-order valence-corrected chi connectivity index (χ4v) is 5.82. The highest BCUT2D eigenvalue weighted by molar-refractivity contribution is 7.91. The average molecular weight is 428 g/mol. The lowest BCUT2D eigenvalue weighted by Crippen LogP contribution is -2.27. The van der Waals surface area contributed by atoms with E-state index in [1.807, 2.05) is 37.3 Å². The first-order valence-electron chi connectivity index (χ1n) is 8.38. The number of alkyl halides is 3. The number of halogens is 3. The lowest BCUT2D eigenvalue weighted by atomic mass is 10.1. The zero-order chi connectivity index (χ0) is 20.1. The molecule has 0 amide bonds. The van der Waals surface area contributed by atoms with Crippen LogP contribution in [0.25, 0.3) is 10.6 Å². The lowest BCUT2D eigenvalue weighted by Gasteiger charge is -2.04. The maximum Gasteiger partial charge on any atom is 0.452 e. The van der Waals surface area contributed by atoms with Crippen LogP contribution in [0.4, 0.5) is 13.2 Å². The Balaban J connectivity index is 1.51. The maximum absolute atomic E-state index is 12.7. The van der Waals surface area contributed by atoms with E-state index in [2.05, 4.69) is 14.4 Å². The van der Waals surface area contributed by atoms with Crippen molar-refractivity contribution < 1.29 is 26.1 Å². The summed E-state index contributed by atoms with van der Waals surface area (Å²) < 4.78 is 70.3. The summed E-state index contributed by atoms with van der Waals surface area (Å²) in [5.74, 6) is -0.974. The molecular weight excluding hydrogens is 413 g/mol. The van der Waals surface area contributed by atoms with Gasteiger partial charge >= 0.3 is 6.18 Å². The number of hydrogen-bond donors (Lipinski definition) is 1. The predicted octanol–water partition coefficient (Wildman–Crippen LogP) is 4.50. The molecule has 2 heterocycles. The molecule has 28 heavy (non-hydrogen) atoms. The monoisotopic (exact) mass is 428 g/mol. The molecule has 1 saturated carbocycles. The molecule has 0 unspecified atom stereocenters. The van der Waals surface area contributed by atoms with Crippen molar-refractivity contribution in [3.05, 3.63) is 59.9 Å². The van der Waals surface area contributed by atoms with E-state index in [0.29, 0.717) is 0 Å².